The maximum absolute atomic E-state index is 12.5. The van der Waals surface area contributed by atoms with Gasteiger partial charge in [-0.25, -0.2) is 8.42 Å². The Kier molecular flexibility index (Phi) is 7.84. The minimum atomic E-state index is -3.68. The van der Waals surface area contributed by atoms with E-state index in [1.807, 2.05) is 30.3 Å². The third kappa shape index (κ3) is 6.88. The molecule has 0 aliphatic carbocycles. The van der Waals surface area contributed by atoms with Crippen LogP contribution in [0.4, 0.5) is 5.69 Å². The van der Waals surface area contributed by atoms with Gasteiger partial charge in [0.15, 0.2) is 0 Å². The van der Waals surface area contributed by atoms with Gasteiger partial charge in [0.25, 0.3) is 10.0 Å². The number of amidine groups is 1. The number of carbonyl (C=O) groups is 1. The van der Waals surface area contributed by atoms with Crippen molar-refractivity contribution in [2.45, 2.75) is 43.4 Å². The number of sulfonamides is 1. The zero-order valence-corrected chi connectivity index (χ0v) is 17.7. The molecule has 2 aromatic carbocycles. The van der Waals surface area contributed by atoms with E-state index in [-0.39, 0.29) is 10.8 Å². The van der Waals surface area contributed by atoms with Crippen molar-refractivity contribution >= 4 is 27.5 Å². The molecule has 30 heavy (non-hydrogen) atoms. The molecular weight excluding hydrogens is 402 g/mol. The van der Waals surface area contributed by atoms with Crippen molar-refractivity contribution < 1.29 is 17.9 Å². The summed E-state index contributed by atoms with van der Waals surface area (Å²) in [5.41, 5.74) is 0.551. The average Bonchev–Trinajstić information content (AvgIpc) is 3.00. The van der Waals surface area contributed by atoms with Gasteiger partial charge < -0.3 is 10.1 Å². The second-order valence-corrected chi connectivity index (χ2v) is 8.76. The molecule has 0 saturated carbocycles. The van der Waals surface area contributed by atoms with Crippen molar-refractivity contribution in [3.8, 4) is 5.75 Å². The van der Waals surface area contributed by atoms with Crippen LogP contribution in [-0.4, -0.2) is 33.3 Å². The van der Waals surface area contributed by atoms with Crippen LogP contribution in [0.15, 0.2) is 64.5 Å². The van der Waals surface area contributed by atoms with E-state index in [1.165, 1.54) is 12.1 Å². The number of nitrogens with one attached hydrogen (secondary N) is 2. The van der Waals surface area contributed by atoms with Crippen molar-refractivity contribution in [2.75, 3.05) is 18.5 Å². The summed E-state index contributed by atoms with van der Waals surface area (Å²) in [6, 6.07) is 15.6. The molecule has 0 unspecified atom stereocenters. The fraction of sp³-hybridized carbons (Fsp3) is 0.364. The Morgan fingerprint density at radius 3 is 2.53 bits per heavy atom. The van der Waals surface area contributed by atoms with E-state index in [2.05, 4.69) is 15.0 Å². The van der Waals surface area contributed by atoms with E-state index in [0.717, 1.165) is 25.0 Å². The van der Waals surface area contributed by atoms with Gasteiger partial charge in [0, 0.05) is 25.1 Å². The smallest absolute Gasteiger partial charge is 0.262 e. The minimum absolute atomic E-state index is 0.142. The molecule has 8 heteroatoms. The Hall–Kier alpha value is -2.87. The molecule has 0 atom stereocenters. The van der Waals surface area contributed by atoms with E-state index in [4.69, 9.17) is 4.74 Å². The fourth-order valence-corrected chi connectivity index (χ4v) is 4.14. The van der Waals surface area contributed by atoms with E-state index < -0.39 is 10.0 Å². The number of rotatable bonds is 8. The maximum atomic E-state index is 12.5. The monoisotopic (exact) mass is 429 g/mol. The third-order valence-corrected chi connectivity index (χ3v) is 6.03. The standard InChI is InChI=1S/C22H27N3O4S/c26-22(11-7-17-29-19-8-3-1-4-9-19)24-18-12-14-20(15-13-18)30(27,28)25-21-10-5-2-6-16-23-21/h1,3-4,8-9,12-15H,2,5-7,10-11,16-17H2,(H,23,25)(H,24,26). The maximum Gasteiger partial charge on any atom is 0.262 e. The predicted molar refractivity (Wildman–Crippen MR) is 117 cm³/mol. The normalized spacial score (nSPS) is 14.3. The molecular formula is C22H27N3O4S. The largest absolute Gasteiger partial charge is 0.494 e. The average molecular weight is 430 g/mol. The molecule has 0 fully saturated rings. The van der Waals surface area contributed by atoms with Crippen molar-refractivity contribution in [3.05, 3.63) is 54.6 Å². The Morgan fingerprint density at radius 2 is 1.77 bits per heavy atom. The van der Waals surface area contributed by atoms with Gasteiger partial charge in [0.2, 0.25) is 5.91 Å². The highest BCUT2D eigenvalue weighted by Gasteiger charge is 2.17. The first-order valence-corrected chi connectivity index (χ1v) is 11.7. The highest BCUT2D eigenvalue weighted by molar-refractivity contribution is 7.90. The minimum Gasteiger partial charge on any atom is -0.494 e. The van der Waals surface area contributed by atoms with Crippen molar-refractivity contribution in [1.29, 1.82) is 0 Å². The topological polar surface area (TPSA) is 96.9 Å². The summed E-state index contributed by atoms with van der Waals surface area (Å²) < 4.78 is 33.2. The molecule has 7 nitrogen and oxygen atoms in total. The van der Waals surface area contributed by atoms with E-state index in [0.29, 0.717) is 43.9 Å². The molecule has 2 N–H and O–H groups in total. The van der Waals surface area contributed by atoms with Gasteiger partial charge >= 0.3 is 0 Å². The van der Waals surface area contributed by atoms with Gasteiger partial charge in [0.05, 0.1) is 11.5 Å². The lowest BCUT2D eigenvalue weighted by Crippen LogP contribution is -2.30. The second-order valence-electron chi connectivity index (χ2n) is 7.08. The van der Waals surface area contributed by atoms with Crippen LogP contribution in [0.3, 0.4) is 0 Å². The van der Waals surface area contributed by atoms with Gasteiger partial charge in [0.1, 0.15) is 11.6 Å². The number of para-hydroxylation sites is 1. The van der Waals surface area contributed by atoms with Crippen LogP contribution in [0.25, 0.3) is 0 Å². The zero-order chi connectivity index (χ0) is 21.2. The Labute approximate surface area is 177 Å². The van der Waals surface area contributed by atoms with Crippen molar-refractivity contribution in [1.82, 2.24) is 4.72 Å². The first-order valence-electron chi connectivity index (χ1n) is 10.2. The van der Waals surface area contributed by atoms with Crippen LogP contribution in [0.1, 0.15) is 38.5 Å². The van der Waals surface area contributed by atoms with Gasteiger partial charge in [-0.3, -0.25) is 14.5 Å². The molecule has 2 aromatic rings. The van der Waals surface area contributed by atoms with Crippen LogP contribution in [0.5, 0.6) is 5.75 Å². The van der Waals surface area contributed by atoms with Gasteiger partial charge in [-0.15, -0.1) is 0 Å². The summed E-state index contributed by atoms with van der Waals surface area (Å²) in [5.74, 6) is 1.15. The van der Waals surface area contributed by atoms with E-state index in [9.17, 15) is 13.2 Å². The number of aliphatic imine (C=N–C) groups is 1. The number of anilines is 1. The third-order valence-electron chi connectivity index (χ3n) is 4.64. The second kappa shape index (κ2) is 10.8. The molecule has 160 valence electrons. The summed E-state index contributed by atoms with van der Waals surface area (Å²) in [6.07, 6.45) is 4.51. The summed E-state index contributed by atoms with van der Waals surface area (Å²) in [7, 11) is -3.68. The Morgan fingerprint density at radius 1 is 1.00 bits per heavy atom. The zero-order valence-electron chi connectivity index (χ0n) is 16.8. The van der Waals surface area contributed by atoms with Gasteiger partial charge in [-0.05, 0) is 55.7 Å². The number of carbonyl (C=O) groups excluding carboxylic acids is 1. The van der Waals surface area contributed by atoms with Crippen molar-refractivity contribution in [3.63, 3.8) is 0 Å². The van der Waals surface area contributed by atoms with E-state index >= 15 is 0 Å². The van der Waals surface area contributed by atoms with Crippen LogP contribution < -0.4 is 14.8 Å². The van der Waals surface area contributed by atoms with E-state index in [1.54, 1.807) is 12.1 Å². The lowest BCUT2D eigenvalue weighted by atomic mass is 10.2. The summed E-state index contributed by atoms with van der Waals surface area (Å²) >= 11 is 0. The molecule has 0 radical (unpaired) electrons. The molecule has 1 heterocycles. The lowest BCUT2D eigenvalue weighted by Gasteiger charge is -2.11. The van der Waals surface area contributed by atoms with Crippen LogP contribution >= 0.6 is 0 Å². The fourth-order valence-electron chi connectivity index (χ4n) is 3.05. The van der Waals surface area contributed by atoms with Gasteiger partial charge in [-0.1, -0.05) is 24.6 Å². The number of hydrogen-bond donors (Lipinski definition) is 2. The quantitative estimate of drug-likeness (QED) is 0.625. The molecule has 1 aliphatic heterocycles. The Bertz CT molecular complexity index is 958. The Balaban J connectivity index is 1.46. The van der Waals surface area contributed by atoms with Crippen LogP contribution in [-0.2, 0) is 14.8 Å². The summed E-state index contributed by atoms with van der Waals surface area (Å²) in [5, 5.41) is 2.78. The lowest BCUT2D eigenvalue weighted by molar-refractivity contribution is -0.116. The first-order chi connectivity index (χ1) is 14.5. The van der Waals surface area contributed by atoms with Crippen molar-refractivity contribution in [2.24, 2.45) is 4.99 Å². The summed E-state index contributed by atoms with van der Waals surface area (Å²) in [4.78, 5) is 16.5. The van der Waals surface area contributed by atoms with Crippen LogP contribution in [0.2, 0.25) is 0 Å². The highest BCUT2D eigenvalue weighted by atomic mass is 32.2. The molecule has 0 bridgehead atoms. The van der Waals surface area contributed by atoms with Gasteiger partial charge in [-0.2, -0.15) is 0 Å². The molecule has 0 aromatic heterocycles. The number of benzene rings is 2. The summed E-state index contributed by atoms with van der Waals surface area (Å²) in [6.45, 7) is 1.10. The molecule has 0 saturated heterocycles. The first kappa shape index (κ1) is 21.8. The SMILES string of the molecule is O=C(CCCOc1ccccc1)Nc1ccc(S(=O)(=O)NC2=NCCCCC2)cc1. The van der Waals surface area contributed by atoms with Crippen LogP contribution in [0, 0.1) is 0 Å². The number of hydrogen-bond acceptors (Lipinski definition) is 5. The molecule has 1 aliphatic rings. The number of amides is 1. The number of nitrogens with zero attached hydrogens (tertiary/aromatic N) is 1. The molecule has 1 amide bonds. The molecule has 3 rings (SSSR count). The molecule has 0 spiro atoms. The highest BCUT2D eigenvalue weighted by Crippen LogP contribution is 2.16. The number of ether oxygens (including phenoxy) is 1. The predicted octanol–water partition coefficient (Wildman–Crippen LogP) is 3.74.